The molecule has 136 valence electrons. The Labute approximate surface area is 152 Å². The first-order chi connectivity index (χ1) is 11.8. The van der Waals surface area contributed by atoms with Gasteiger partial charge >= 0.3 is 5.97 Å². The number of amides is 1. The highest BCUT2D eigenvalue weighted by molar-refractivity contribution is 7.99. The predicted molar refractivity (Wildman–Crippen MR) is 99.8 cm³/mol. The average molecular weight is 363 g/mol. The minimum atomic E-state index is -0.889. The maximum absolute atomic E-state index is 11.8. The number of thioether (sulfide) groups is 1. The number of aromatic nitrogens is 2. The van der Waals surface area contributed by atoms with Gasteiger partial charge in [-0.2, -0.15) is 0 Å². The number of hydrogen-bond donors (Lipinski definition) is 2. The van der Waals surface area contributed by atoms with Gasteiger partial charge in [-0.3, -0.25) is 9.59 Å². The second-order valence-corrected chi connectivity index (χ2v) is 8.21. The minimum absolute atomic E-state index is 0.0134. The van der Waals surface area contributed by atoms with Crippen LogP contribution in [0.15, 0.2) is 29.4 Å². The smallest absolute Gasteiger partial charge is 0.323 e. The fraction of sp³-hybridized carbons (Fsp3) is 0.500. The van der Waals surface area contributed by atoms with E-state index in [1.165, 1.54) is 11.8 Å². The molecule has 25 heavy (non-hydrogen) atoms. The Morgan fingerprint density at radius 1 is 1.28 bits per heavy atom. The molecule has 2 aromatic rings. The topological polar surface area (TPSA) is 84.2 Å². The number of carboxylic acid groups (broad SMARTS) is 1. The van der Waals surface area contributed by atoms with Crippen LogP contribution in [0.4, 0.5) is 0 Å². The number of imidazole rings is 1. The molecule has 0 aliphatic heterocycles. The summed E-state index contributed by atoms with van der Waals surface area (Å²) in [5.74, 6) is -0.0614. The summed E-state index contributed by atoms with van der Waals surface area (Å²) in [5.41, 5.74) is 1.61. The first kappa shape index (κ1) is 19.3. The van der Waals surface area contributed by atoms with Crippen molar-refractivity contribution in [3.63, 3.8) is 0 Å². The maximum Gasteiger partial charge on any atom is 0.323 e. The average Bonchev–Trinajstić information content (AvgIpc) is 2.82. The van der Waals surface area contributed by atoms with E-state index in [1.54, 1.807) is 4.57 Å². The van der Waals surface area contributed by atoms with E-state index in [9.17, 15) is 9.59 Å². The molecule has 7 heteroatoms. The van der Waals surface area contributed by atoms with E-state index < -0.39 is 5.97 Å². The Hall–Kier alpha value is -2.02. The third-order valence-corrected chi connectivity index (χ3v) is 4.54. The molecule has 0 radical (unpaired) electrons. The normalized spacial score (nSPS) is 11.6. The van der Waals surface area contributed by atoms with Crippen LogP contribution in [0.5, 0.6) is 0 Å². The van der Waals surface area contributed by atoms with Crippen LogP contribution in [0, 0.1) is 5.41 Å². The van der Waals surface area contributed by atoms with Gasteiger partial charge in [0, 0.05) is 18.7 Å². The predicted octanol–water partition coefficient (Wildman–Crippen LogP) is 3.16. The molecular weight excluding hydrogens is 338 g/mol. The maximum atomic E-state index is 11.8. The van der Waals surface area contributed by atoms with Gasteiger partial charge in [-0.25, -0.2) is 4.98 Å². The van der Waals surface area contributed by atoms with Crippen molar-refractivity contribution in [1.29, 1.82) is 0 Å². The summed E-state index contributed by atoms with van der Waals surface area (Å²) in [6.45, 7) is 6.62. The first-order valence-corrected chi connectivity index (χ1v) is 9.31. The monoisotopic (exact) mass is 363 g/mol. The fourth-order valence-corrected chi connectivity index (χ4v) is 3.41. The molecule has 0 fully saturated rings. The summed E-state index contributed by atoms with van der Waals surface area (Å²) in [7, 11) is 0. The Balaban J connectivity index is 1.88. The molecule has 0 aliphatic carbocycles. The highest BCUT2D eigenvalue weighted by Gasteiger charge is 2.16. The van der Waals surface area contributed by atoms with Gasteiger partial charge in [0.15, 0.2) is 5.16 Å². The van der Waals surface area contributed by atoms with Crippen LogP contribution in [0.25, 0.3) is 11.0 Å². The molecular formula is C18H25N3O3S. The first-order valence-electron chi connectivity index (χ1n) is 8.33. The van der Waals surface area contributed by atoms with E-state index in [0.29, 0.717) is 18.1 Å². The summed E-state index contributed by atoms with van der Waals surface area (Å²) in [5, 5.41) is 12.8. The zero-order valence-electron chi connectivity index (χ0n) is 14.9. The van der Waals surface area contributed by atoms with Gasteiger partial charge in [-0.05, 0) is 24.0 Å². The lowest BCUT2D eigenvalue weighted by Crippen LogP contribution is -2.28. The molecule has 2 N–H and O–H groups in total. The molecule has 1 heterocycles. The number of hydrogen-bond acceptors (Lipinski definition) is 4. The molecule has 0 unspecified atom stereocenters. The standard InChI is InChI=1S/C18H25N3O3S/c1-18(2,3)11-15(22)19-9-6-10-25-17-20-13-7-4-5-8-14(13)21(17)12-16(23)24/h4-5,7-8H,6,9-12H2,1-3H3,(H,19,22)(H,23,24). The molecule has 0 saturated carbocycles. The van der Waals surface area contributed by atoms with Crippen LogP contribution in [0.2, 0.25) is 0 Å². The van der Waals surface area contributed by atoms with Crippen LogP contribution < -0.4 is 5.32 Å². The van der Waals surface area contributed by atoms with Crippen molar-refractivity contribution >= 4 is 34.7 Å². The van der Waals surface area contributed by atoms with Crippen LogP contribution in [-0.4, -0.2) is 38.8 Å². The second-order valence-electron chi connectivity index (χ2n) is 7.15. The van der Waals surface area contributed by atoms with Crippen LogP contribution in [0.3, 0.4) is 0 Å². The highest BCUT2D eigenvalue weighted by Crippen LogP contribution is 2.24. The molecule has 2 rings (SSSR count). The number of rotatable bonds is 8. The largest absolute Gasteiger partial charge is 0.480 e. The fourth-order valence-electron chi connectivity index (χ4n) is 2.46. The van der Waals surface area contributed by atoms with Crippen molar-refractivity contribution in [2.45, 2.75) is 45.3 Å². The summed E-state index contributed by atoms with van der Waals surface area (Å²) in [6, 6.07) is 7.52. The molecule has 0 spiro atoms. The minimum Gasteiger partial charge on any atom is -0.480 e. The highest BCUT2D eigenvalue weighted by atomic mass is 32.2. The van der Waals surface area contributed by atoms with Gasteiger partial charge in [0.25, 0.3) is 0 Å². The Morgan fingerprint density at radius 2 is 2.00 bits per heavy atom. The second kappa shape index (κ2) is 8.38. The number of fused-ring (bicyclic) bond motifs is 1. The van der Waals surface area contributed by atoms with Crippen molar-refractivity contribution in [1.82, 2.24) is 14.9 Å². The molecule has 1 aromatic carbocycles. The van der Waals surface area contributed by atoms with Crippen molar-refractivity contribution in [3.05, 3.63) is 24.3 Å². The van der Waals surface area contributed by atoms with Gasteiger partial charge in [-0.15, -0.1) is 0 Å². The van der Waals surface area contributed by atoms with Crippen molar-refractivity contribution in [2.75, 3.05) is 12.3 Å². The lowest BCUT2D eigenvalue weighted by Gasteiger charge is -2.17. The summed E-state index contributed by atoms with van der Waals surface area (Å²) < 4.78 is 1.72. The number of para-hydroxylation sites is 2. The summed E-state index contributed by atoms with van der Waals surface area (Å²) in [4.78, 5) is 27.4. The zero-order valence-corrected chi connectivity index (χ0v) is 15.7. The molecule has 0 atom stereocenters. The van der Waals surface area contributed by atoms with Crippen molar-refractivity contribution < 1.29 is 14.7 Å². The van der Waals surface area contributed by atoms with Crippen LogP contribution >= 0.6 is 11.8 Å². The van der Waals surface area contributed by atoms with E-state index in [2.05, 4.69) is 10.3 Å². The molecule has 6 nitrogen and oxygen atoms in total. The molecule has 0 bridgehead atoms. The quantitative estimate of drug-likeness (QED) is 0.556. The van der Waals surface area contributed by atoms with Crippen molar-refractivity contribution in [3.8, 4) is 0 Å². The van der Waals surface area contributed by atoms with Gasteiger partial charge in [0.2, 0.25) is 5.91 Å². The summed E-state index contributed by atoms with van der Waals surface area (Å²) in [6.07, 6.45) is 1.31. The number of carboxylic acids is 1. The lowest BCUT2D eigenvalue weighted by molar-refractivity contribution is -0.137. The van der Waals surface area contributed by atoms with Gasteiger partial charge < -0.3 is 15.0 Å². The van der Waals surface area contributed by atoms with Gasteiger partial charge in [0.05, 0.1) is 11.0 Å². The van der Waals surface area contributed by atoms with Crippen molar-refractivity contribution in [2.24, 2.45) is 5.41 Å². The molecule has 0 aliphatic rings. The third-order valence-electron chi connectivity index (χ3n) is 3.48. The van der Waals surface area contributed by atoms with E-state index in [4.69, 9.17) is 5.11 Å². The molecule has 1 amide bonds. The Kier molecular flexibility index (Phi) is 6.47. The SMILES string of the molecule is CC(C)(C)CC(=O)NCCCSc1nc2ccccc2n1CC(=O)O. The number of carbonyl (C=O) groups is 2. The Bertz CT molecular complexity index is 750. The lowest BCUT2D eigenvalue weighted by atomic mass is 9.92. The van der Waals surface area contributed by atoms with Gasteiger partial charge in [0.1, 0.15) is 6.54 Å². The van der Waals surface area contributed by atoms with Crippen LogP contribution in [-0.2, 0) is 16.1 Å². The van der Waals surface area contributed by atoms with Gasteiger partial charge in [-0.1, -0.05) is 44.7 Å². The summed E-state index contributed by atoms with van der Waals surface area (Å²) >= 11 is 1.52. The third kappa shape index (κ3) is 6.08. The number of benzene rings is 1. The number of nitrogens with one attached hydrogen (secondary N) is 1. The molecule has 0 saturated heterocycles. The van der Waals surface area contributed by atoms with E-state index >= 15 is 0 Å². The Morgan fingerprint density at radius 3 is 2.68 bits per heavy atom. The van der Waals surface area contributed by atoms with Crippen LogP contribution in [0.1, 0.15) is 33.6 Å². The number of nitrogens with zero attached hydrogens (tertiary/aromatic N) is 2. The zero-order chi connectivity index (χ0) is 18.4. The number of aliphatic carboxylic acids is 1. The van der Waals surface area contributed by atoms with E-state index in [1.807, 2.05) is 45.0 Å². The van der Waals surface area contributed by atoms with E-state index in [0.717, 1.165) is 23.2 Å². The molecule has 1 aromatic heterocycles. The van der Waals surface area contributed by atoms with E-state index in [-0.39, 0.29) is 17.9 Å². The number of carbonyl (C=O) groups excluding carboxylic acids is 1.